The Morgan fingerprint density at radius 2 is 1.86 bits per heavy atom. The normalized spacial score (nSPS) is 16.2. The van der Waals surface area contributed by atoms with Crippen molar-refractivity contribution in [3.8, 4) is 5.75 Å². The molecule has 0 unspecified atom stereocenters. The van der Waals surface area contributed by atoms with E-state index in [0.717, 1.165) is 23.4 Å². The second kappa shape index (κ2) is 5.52. The molecule has 1 atom stereocenters. The van der Waals surface area contributed by atoms with Gasteiger partial charge in [-0.2, -0.15) is 0 Å². The lowest BCUT2D eigenvalue weighted by atomic mass is 10.0. The van der Waals surface area contributed by atoms with E-state index in [-0.39, 0.29) is 12.5 Å². The number of carbonyl (C=O) groups is 1. The summed E-state index contributed by atoms with van der Waals surface area (Å²) in [5.74, 6) is -1.71. The summed E-state index contributed by atoms with van der Waals surface area (Å²) in [6, 6.07) is 10.9. The summed E-state index contributed by atoms with van der Waals surface area (Å²) in [6.07, 6.45) is 0. The van der Waals surface area contributed by atoms with Crippen LogP contribution in [0.2, 0.25) is 0 Å². The number of fused-ring (bicyclic) bond motifs is 1. The Morgan fingerprint density at radius 3 is 2.62 bits per heavy atom. The highest BCUT2D eigenvalue weighted by Crippen LogP contribution is 2.32. The van der Waals surface area contributed by atoms with Crippen LogP contribution < -0.4 is 10.1 Å². The van der Waals surface area contributed by atoms with Crippen molar-refractivity contribution < 1.29 is 18.3 Å². The molecule has 0 radical (unpaired) electrons. The zero-order chi connectivity index (χ0) is 14.8. The van der Waals surface area contributed by atoms with Gasteiger partial charge in [0.2, 0.25) is 0 Å². The van der Waals surface area contributed by atoms with Crippen LogP contribution in [0.15, 0.2) is 42.5 Å². The Balaban J connectivity index is 1.70. The summed E-state index contributed by atoms with van der Waals surface area (Å²) in [5, 5.41) is 2.56. The molecule has 2 aromatic carbocycles. The third-order valence-corrected chi connectivity index (χ3v) is 3.50. The average molecular weight is 289 g/mol. The number of halogens is 2. The number of hydrogen-bond donors (Lipinski definition) is 1. The van der Waals surface area contributed by atoms with E-state index in [1.807, 2.05) is 24.3 Å². The van der Waals surface area contributed by atoms with Gasteiger partial charge in [-0.3, -0.25) is 4.79 Å². The van der Waals surface area contributed by atoms with E-state index in [0.29, 0.717) is 6.61 Å². The van der Waals surface area contributed by atoms with E-state index in [4.69, 9.17) is 4.74 Å². The highest BCUT2D eigenvalue weighted by Gasteiger charge is 2.25. The topological polar surface area (TPSA) is 38.3 Å². The van der Waals surface area contributed by atoms with E-state index in [9.17, 15) is 13.6 Å². The maximum absolute atomic E-state index is 13.5. The van der Waals surface area contributed by atoms with Gasteiger partial charge in [0.15, 0.2) is 0 Å². The summed E-state index contributed by atoms with van der Waals surface area (Å²) in [6.45, 7) is 0.711. The number of hydrogen-bond acceptors (Lipinski definition) is 2. The number of para-hydroxylation sites is 1. The van der Waals surface area contributed by atoms with Crippen molar-refractivity contribution in [2.24, 2.45) is 0 Å². The summed E-state index contributed by atoms with van der Waals surface area (Å²) in [4.78, 5) is 11.9. The first-order valence-corrected chi connectivity index (χ1v) is 6.60. The molecule has 0 aromatic heterocycles. The molecule has 1 aliphatic rings. The number of ether oxygens (including phenoxy) is 1. The molecule has 1 amide bonds. The fourth-order valence-corrected chi connectivity index (χ4v) is 2.42. The van der Waals surface area contributed by atoms with Gasteiger partial charge < -0.3 is 10.1 Å². The predicted octanol–water partition coefficient (Wildman–Crippen LogP) is 2.87. The maximum Gasteiger partial charge on any atom is 0.257 e. The molecule has 0 saturated carbocycles. The number of carbonyl (C=O) groups excluding carboxylic acids is 1. The zero-order valence-electron chi connectivity index (χ0n) is 11.1. The molecular weight excluding hydrogens is 276 g/mol. The van der Waals surface area contributed by atoms with E-state index in [1.54, 1.807) is 0 Å². The van der Waals surface area contributed by atoms with Crippen LogP contribution in [-0.4, -0.2) is 19.1 Å². The summed E-state index contributed by atoms with van der Waals surface area (Å²) in [7, 11) is 0. The lowest BCUT2D eigenvalue weighted by Crippen LogP contribution is -2.30. The SMILES string of the molecule is O=C(NC[C@@H]1COc2ccccc21)c1c(F)cccc1F. The van der Waals surface area contributed by atoms with Crippen LogP contribution in [0.3, 0.4) is 0 Å². The van der Waals surface area contributed by atoms with Crippen molar-refractivity contribution >= 4 is 5.91 Å². The van der Waals surface area contributed by atoms with Crippen LogP contribution in [0, 0.1) is 11.6 Å². The summed E-state index contributed by atoms with van der Waals surface area (Å²) in [5.41, 5.74) is 0.441. The van der Waals surface area contributed by atoms with E-state index in [2.05, 4.69) is 5.32 Å². The van der Waals surface area contributed by atoms with Gasteiger partial charge in [0.25, 0.3) is 5.91 Å². The van der Waals surface area contributed by atoms with Crippen molar-refractivity contribution in [2.45, 2.75) is 5.92 Å². The molecule has 0 aliphatic carbocycles. The van der Waals surface area contributed by atoms with E-state index >= 15 is 0 Å². The molecule has 0 saturated heterocycles. The Kier molecular flexibility index (Phi) is 3.56. The molecule has 5 heteroatoms. The fourth-order valence-electron chi connectivity index (χ4n) is 2.42. The number of nitrogens with one attached hydrogen (secondary N) is 1. The van der Waals surface area contributed by atoms with Gasteiger partial charge in [-0.15, -0.1) is 0 Å². The minimum absolute atomic E-state index is 0.0139. The molecule has 0 fully saturated rings. The van der Waals surface area contributed by atoms with Gasteiger partial charge in [-0.25, -0.2) is 8.78 Å². The van der Waals surface area contributed by atoms with Gasteiger partial charge in [-0.05, 0) is 18.2 Å². The first-order chi connectivity index (χ1) is 10.2. The minimum atomic E-state index is -0.865. The van der Waals surface area contributed by atoms with Gasteiger partial charge in [-0.1, -0.05) is 24.3 Å². The molecule has 2 aromatic rings. The smallest absolute Gasteiger partial charge is 0.257 e. The maximum atomic E-state index is 13.5. The number of rotatable bonds is 3. The predicted molar refractivity (Wildman–Crippen MR) is 73.4 cm³/mol. The Bertz CT molecular complexity index is 667. The molecule has 108 valence electrons. The summed E-state index contributed by atoms with van der Waals surface area (Å²) < 4.78 is 32.5. The van der Waals surface area contributed by atoms with Crippen LogP contribution in [0.4, 0.5) is 8.78 Å². The first kappa shape index (κ1) is 13.5. The standard InChI is InChI=1S/C16H13F2NO2/c17-12-5-3-6-13(18)15(12)16(20)19-8-10-9-21-14-7-2-1-4-11(10)14/h1-7,10H,8-9H2,(H,19,20)/t10-/m1/s1. The Hall–Kier alpha value is -2.43. The molecule has 0 spiro atoms. The molecule has 3 nitrogen and oxygen atoms in total. The van der Waals surface area contributed by atoms with Crippen LogP contribution >= 0.6 is 0 Å². The van der Waals surface area contributed by atoms with Crippen molar-refractivity contribution in [1.29, 1.82) is 0 Å². The number of benzene rings is 2. The second-order valence-corrected chi connectivity index (χ2v) is 4.85. The molecule has 3 rings (SSSR count). The van der Waals surface area contributed by atoms with Gasteiger partial charge in [0, 0.05) is 18.0 Å². The zero-order valence-corrected chi connectivity index (χ0v) is 11.1. The molecule has 1 heterocycles. The van der Waals surface area contributed by atoms with Crippen LogP contribution in [0.25, 0.3) is 0 Å². The van der Waals surface area contributed by atoms with Crippen molar-refractivity contribution in [3.05, 3.63) is 65.2 Å². The molecule has 1 N–H and O–H groups in total. The second-order valence-electron chi connectivity index (χ2n) is 4.85. The number of amides is 1. The van der Waals surface area contributed by atoms with Crippen molar-refractivity contribution in [2.75, 3.05) is 13.2 Å². The van der Waals surface area contributed by atoms with Gasteiger partial charge in [0.1, 0.15) is 22.9 Å². The third-order valence-electron chi connectivity index (χ3n) is 3.50. The van der Waals surface area contributed by atoms with Gasteiger partial charge in [0.05, 0.1) is 6.61 Å². The first-order valence-electron chi connectivity index (χ1n) is 6.60. The van der Waals surface area contributed by atoms with Crippen molar-refractivity contribution in [1.82, 2.24) is 5.32 Å². The Morgan fingerprint density at radius 1 is 1.14 bits per heavy atom. The lowest BCUT2D eigenvalue weighted by molar-refractivity contribution is 0.0941. The van der Waals surface area contributed by atoms with E-state index in [1.165, 1.54) is 6.07 Å². The molecule has 21 heavy (non-hydrogen) atoms. The molecule has 1 aliphatic heterocycles. The highest BCUT2D eigenvalue weighted by molar-refractivity contribution is 5.94. The van der Waals surface area contributed by atoms with Crippen LogP contribution in [-0.2, 0) is 0 Å². The highest BCUT2D eigenvalue weighted by atomic mass is 19.1. The third kappa shape index (κ3) is 2.59. The summed E-state index contributed by atoms with van der Waals surface area (Å²) >= 11 is 0. The quantitative estimate of drug-likeness (QED) is 0.943. The van der Waals surface area contributed by atoms with E-state index < -0.39 is 23.1 Å². The molecule has 0 bridgehead atoms. The van der Waals surface area contributed by atoms with Crippen LogP contribution in [0.5, 0.6) is 5.75 Å². The largest absolute Gasteiger partial charge is 0.493 e. The average Bonchev–Trinajstić information content (AvgIpc) is 2.88. The monoisotopic (exact) mass is 289 g/mol. The van der Waals surface area contributed by atoms with Gasteiger partial charge >= 0.3 is 0 Å². The van der Waals surface area contributed by atoms with Crippen LogP contribution in [0.1, 0.15) is 21.8 Å². The van der Waals surface area contributed by atoms with Crippen molar-refractivity contribution in [3.63, 3.8) is 0 Å². The molecular formula is C16H13F2NO2. The Labute approximate surface area is 120 Å². The lowest BCUT2D eigenvalue weighted by Gasteiger charge is -2.11. The minimum Gasteiger partial charge on any atom is -0.493 e. The fraction of sp³-hybridized carbons (Fsp3) is 0.188.